The van der Waals surface area contributed by atoms with Crippen molar-refractivity contribution < 1.29 is 0 Å². The highest BCUT2D eigenvalue weighted by atomic mass is 15.2. The van der Waals surface area contributed by atoms with Crippen molar-refractivity contribution in [3.63, 3.8) is 0 Å². The Bertz CT molecular complexity index is 593. The summed E-state index contributed by atoms with van der Waals surface area (Å²) < 4.78 is 0. The van der Waals surface area contributed by atoms with E-state index in [1.54, 1.807) is 5.70 Å². The topological polar surface area (TPSA) is 3.24 Å². The Morgan fingerprint density at radius 2 is 1.29 bits per heavy atom. The molecule has 21 heavy (non-hydrogen) atoms. The molecule has 2 bridgehead atoms. The van der Waals surface area contributed by atoms with Crippen molar-refractivity contribution in [2.75, 3.05) is 13.1 Å². The molecule has 3 fully saturated rings. The Morgan fingerprint density at radius 3 is 1.71 bits per heavy atom. The molecule has 3 heterocycles. The average Bonchev–Trinajstić information content (AvgIpc) is 2.58. The molecular weight excluding hydrogens is 254 g/mol. The number of piperidine rings is 3. The van der Waals surface area contributed by atoms with Crippen LogP contribution in [-0.2, 0) is 0 Å². The molecule has 106 valence electrons. The number of hydrogen-bond donors (Lipinski definition) is 0. The van der Waals surface area contributed by atoms with Crippen molar-refractivity contribution in [1.82, 2.24) is 4.90 Å². The van der Waals surface area contributed by atoms with Crippen LogP contribution in [0.2, 0.25) is 0 Å². The Kier molecular flexibility index (Phi) is 3.27. The van der Waals surface area contributed by atoms with Crippen LogP contribution in [0.4, 0.5) is 0 Å². The molecule has 0 aromatic heterocycles. The van der Waals surface area contributed by atoms with E-state index in [2.05, 4.69) is 65.6 Å². The first-order chi connectivity index (χ1) is 10.4. The van der Waals surface area contributed by atoms with E-state index in [-0.39, 0.29) is 0 Å². The summed E-state index contributed by atoms with van der Waals surface area (Å²) in [4.78, 5) is 2.62. The molecule has 5 rings (SSSR count). The lowest BCUT2D eigenvalue weighted by Gasteiger charge is -2.44. The molecule has 0 amide bonds. The molecule has 0 atom stereocenters. The fourth-order valence-corrected chi connectivity index (χ4v) is 3.78. The summed E-state index contributed by atoms with van der Waals surface area (Å²) in [6.45, 7) is 2.48. The number of nitrogens with zero attached hydrogens (tertiary/aromatic N) is 1. The zero-order chi connectivity index (χ0) is 14.1. The molecular formula is C20H21N. The largest absolute Gasteiger partial charge is 0.374 e. The molecule has 1 nitrogen and oxygen atoms in total. The van der Waals surface area contributed by atoms with Gasteiger partial charge in [0.2, 0.25) is 0 Å². The van der Waals surface area contributed by atoms with Gasteiger partial charge in [-0.1, -0.05) is 60.7 Å². The summed E-state index contributed by atoms with van der Waals surface area (Å²) >= 11 is 0. The van der Waals surface area contributed by atoms with Crippen LogP contribution < -0.4 is 0 Å². The zero-order valence-corrected chi connectivity index (χ0v) is 12.3. The van der Waals surface area contributed by atoms with Crippen molar-refractivity contribution >= 4 is 5.57 Å². The van der Waals surface area contributed by atoms with E-state index >= 15 is 0 Å². The SMILES string of the molecule is c1ccc(C(=C2CC3CCN2CC3)c2ccccc2)cc1. The van der Waals surface area contributed by atoms with Crippen molar-refractivity contribution in [3.8, 4) is 0 Å². The van der Waals surface area contributed by atoms with Crippen LogP contribution in [0.15, 0.2) is 66.4 Å². The van der Waals surface area contributed by atoms with Crippen molar-refractivity contribution in [1.29, 1.82) is 0 Å². The molecule has 2 aromatic rings. The molecule has 3 aliphatic rings. The number of benzene rings is 2. The minimum atomic E-state index is 0.896. The van der Waals surface area contributed by atoms with Gasteiger partial charge >= 0.3 is 0 Å². The van der Waals surface area contributed by atoms with E-state index in [1.165, 1.54) is 49.1 Å². The maximum absolute atomic E-state index is 2.62. The summed E-state index contributed by atoms with van der Waals surface area (Å²) in [5, 5.41) is 0. The molecule has 0 saturated carbocycles. The van der Waals surface area contributed by atoms with E-state index in [1.807, 2.05) is 0 Å². The first-order valence-corrected chi connectivity index (χ1v) is 8.01. The first-order valence-electron chi connectivity index (χ1n) is 8.01. The van der Waals surface area contributed by atoms with Gasteiger partial charge in [-0.3, -0.25) is 0 Å². The smallest absolute Gasteiger partial charge is 0.0221 e. The zero-order valence-electron chi connectivity index (χ0n) is 12.3. The van der Waals surface area contributed by atoms with Crippen LogP contribution in [-0.4, -0.2) is 18.0 Å². The summed E-state index contributed by atoms with van der Waals surface area (Å²) in [5.74, 6) is 0.896. The standard InChI is InChI=1S/C20H21N/c1-3-7-17(8-4-1)20(18-9-5-2-6-10-18)19-15-16-11-13-21(19)14-12-16/h1-10,16H,11-15H2. The van der Waals surface area contributed by atoms with Gasteiger partial charge in [0.25, 0.3) is 0 Å². The molecule has 2 aromatic carbocycles. The quantitative estimate of drug-likeness (QED) is 0.776. The first kappa shape index (κ1) is 12.7. The van der Waals surface area contributed by atoms with Crippen molar-refractivity contribution in [2.45, 2.75) is 19.3 Å². The van der Waals surface area contributed by atoms with E-state index < -0.39 is 0 Å². The van der Waals surface area contributed by atoms with Gasteiger partial charge in [0, 0.05) is 24.4 Å². The van der Waals surface area contributed by atoms with E-state index in [4.69, 9.17) is 0 Å². The molecule has 3 aliphatic heterocycles. The molecule has 1 heteroatoms. The molecule has 0 radical (unpaired) electrons. The predicted molar refractivity (Wildman–Crippen MR) is 87.8 cm³/mol. The van der Waals surface area contributed by atoms with Crippen LogP contribution in [0.5, 0.6) is 0 Å². The Balaban J connectivity index is 1.88. The lowest BCUT2D eigenvalue weighted by molar-refractivity contribution is 0.162. The third-order valence-electron chi connectivity index (χ3n) is 4.89. The van der Waals surface area contributed by atoms with Gasteiger partial charge in [-0.2, -0.15) is 0 Å². The lowest BCUT2D eigenvalue weighted by Crippen LogP contribution is -2.40. The Hall–Kier alpha value is -2.02. The van der Waals surface area contributed by atoms with E-state index in [0.29, 0.717) is 0 Å². The minimum absolute atomic E-state index is 0.896. The van der Waals surface area contributed by atoms with E-state index in [9.17, 15) is 0 Å². The summed E-state index contributed by atoms with van der Waals surface area (Å²) in [7, 11) is 0. The lowest BCUT2D eigenvalue weighted by atomic mass is 9.82. The molecule has 0 spiro atoms. The second-order valence-electron chi connectivity index (χ2n) is 6.19. The highest BCUT2D eigenvalue weighted by molar-refractivity contribution is 5.82. The van der Waals surface area contributed by atoms with Gasteiger partial charge in [0.05, 0.1) is 0 Å². The Morgan fingerprint density at radius 1 is 0.762 bits per heavy atom. The maximum Gasteiger partial charge on any atom is 0.0221 e. The third kappa shape index (κ3) is 2.37. The molecule has 0 aliphatic carbocycles. The monoisotopic (exact) mass is 275 g/mol. The highest BCUT2D eigenvalue weighted by Crippen LogP contribution is 2.40. The molecule has 3 saturated heterocycles. The second-order valence-corrected chi connectivity index (χ2v) is 6.19. The van der Waals surface area contributed by atoms with Gasteiger partial charge in [-0.15, -0.1) is 0 Å². The number of fused-ring (bicyclic) bond motifs is 3. The summed E-state index contributed by atoms with van der Waals surface area (Å²) in [6.07, 6.45) is 4.00. The fraction of sp³-hybridized carbons (Fsp3) is 0.300. The fourth-order valence-electron chi connectivity index (χ4n) is 3.78. The van der Waals surface area contributed by atoms with Crippen molar-refractivity contribution in [2.24, 2.45) is 5.92 Å². The average molecular weight is 275 g/mol. The number of rotatable bonds is 2. The highest BCUT2D eigenvalue weighted by Gasteiger charge is 2.31. The van der Waals surface area contributed by atoms with Gasteiger partial charge in [-0.05, 0) is 36.3 Å². The van der Waals surface area contributed by atoms with Gasteiger partial charge < -0.3 is 4.90 Å². The van der Waals surface area contributed by atoms with Gasteiger partial charge in [0.1, 0.15) is 0 Å². The number of hydrogen-bond acceptors (Lipinski definition) is 1. The third-order valence-corrected chi connectivity index (χ3v) is 4.89. The van der Waals surface area contributed by atoms with Gasteiger partial charge in [0.15, 0.2) is 0 Å². The van der Waals surface area contributed by atoms with Crippen LogP contribution >= 0.6 is 0 Å². The summed E-state index contributed by atoms with van der Waals surface area (Å²) in [5.41, 5.74) is 5.72. The summed E-state index contributed by atoms with van der Waals surface area (Å²) in [6, 6.07) is 21.8. The van der Waals surface area contributed by atoms with Gasteiger partial charge in [-0.25, -0.2) is 0 Å². The van der Waals surface area contributed by atoms with Crippen LogP contribution in [0.3, 0.4) is 0 Å². The van der Waals surface area contributed by atoms with Crippen LogP contribution in [0.25, 0.3) is 5.57 Å². The normalized spacial score (nSPS) is 18.1. The predicted octanol–water partition coefficient (Wildman–Crippen LogP) is 4.56. The van der Waals surface area contributed by atoms with E-state index in [0.717, 1.165) is 5.92 Å². The molecule has 0 unspecified atom stereocenters. The minimum Gasteiger partial charge on any atom is -0.374 e. The molecule has 0 N–H and O–H groups in total. The second kappa shape index (κ2) is 5.40. The van der Waals surface area contributed by atoms with Crippen LogP contribution in [0.1, 0.15) is 30.4 Å². The van der Waals surface area contributed by atoms with Crippen molar-refractivity contribution in [3.05, 3.63) is 77.5 Å². The maximum atomic E-state index is 2.62. The Labute approximate surface area is 126 Å². The number of allylic oxidation sites excluding steroid dienone is 1. The van der Waals surface area contributed by atoms with Crippen LogP contribution in [0, 0.1) is 5.92 Å².